The molecule has 0 heterocycles. The van der Waals surface area contributed by atoms with Crippen molar-refractivity contribution < 1.29 is 22.4 Å². The maximum absolute atomic E-state index is 13.6. The number of urea groups is 1. The molecule has 0 saturated heterocycles. The lowest BCUT2D eigenvalue weighted by Crippen LogP contribution is -2.21. The first kappa shape index (κ1) is 17.1. The maximum atomic E-state index is 13.6. The molecule has 3 nitrogen and oxygen atoms in total. The molecular formula is C15H11ClF4N2O. The number of carbonyl (C=O) groups excluding carboxylic acids is 1. The van der Waals surface area contributed by atoms with E-state index in [1.54, 1.807) is 25.1 Å². The van der Waals surface area contributed by atoms with Crippen molar-refractivity contribution in [2.24, 2.45) is 0 Å². The van der Waals surface area contributed by atoms with Gasteiger partial charge in [-0.05, 0) is 42.8 Å². The van der Waals surface area contributed by atoms with Gasteiger partial charge in [0, 0.05) is 10.7 Å². The minimum Gasteiger partial charge on any atom is -0.307 e. The predicted molar refractivity (Wildman–Crippen MR) is 80.2 cm³/mol. The summed E-state index contributed by atoms with van der Waals surface area (Å²) in [5.41, 5.74) is -0.693. The number of halogens is 5. The van der Waals surface area contributed by atoms with E-state index in [-0.39, 0.29) is 0 Å². The number of hydrogen-bond acceptors (Lipinski definition) is 1. The van der Waals surface area contributed by atoms with Crippen molar-refractivity contribution in [3.05, 3.63) is 58.4 Å². The molecule has 23 heavy (non-hydrogen) atoms. The number of rotatable bonds is 2. The fourth-order valence-corrected chi connectivity index (χ4v) is 1.99. The number of alkyl halides is 3. The molecular weight excluding hydrogens is 336 g/mol. The van der Waals surface area contributed by atoms with Crippen LogP contribution in [0.25, 0.3) is 0 Å². The Morgan fingerprint density at radius 1 is 1.09 bits per heavy atom. The molecule has 0 radical (unpaired) electrons. The van der Waals surface area contributed by atoms with Crippen molar-refractivity contribution in [1.82, 2.24) is 0 Å². The van der Waals surface area contributed by atoms with E-state index in [4.69, 9.17) is 11.6 Å². The van der Waals surface area contributed by atoms with E-state index >= 15 is 0 Å². The summed E-state index contributed by atoms with van der Waals surface area (Å²) >= 11 is 5.90. The van der Waals surface area contributed by atoms with Gasteiger partial charge >= 0.3 is 12.2 Å². The molecule has 2 aromatic carbocycles. The Kier molecular flexibility index (Phi) is 4.79. The van der Waals surface area contributed by atoms with Gasteiger partial charge in [0.2, 0.25) is 0 Å². The normalized spacial score (nSPS) is 11.2. The first-order chi connectivity index (χ1) is 10.7. The molecule has 0 spiro atoms. The van der Waals surface area contributed by atoms with Gasteiger partial charge in [-0.1, -0.05) is 17.7 Å². The molecule has 0 aliphatic rings. The summed E-state index contributed by atoms with van der Waals surface area (Å²) in [5.74, 6) is -0.976. The Hall–Kier alpha value is -2.28. The predicted octanol–water partition coefficient (Wildman–Crippen LogP) is 5.45. The van der Waals surface area contributed by atoms with Crippen LogP contribution in [-0.4, -0.2) is 6.03 Å². The van der Waals surface area contributed by atoms with E-state index in [9.17, 15) is 22.4 Å². The maximum Gasteiger partial charge on any atom is 0.416 e. The molecule has 2 amide bonds. The van der Waals surface area contributed by atoms with Crippen LogP contribution < -0.4 is 10.6 Å². The number of carbonyl (C=O) groups is 1. The molecule has 122 valence electrons. The van der Waals surface area contributed by atoms with Crippen molar-refractivity contribution in [2.75, 3.05) is 10.6 Å². The fourth-order valence-electron chi connectivity index (χ4n) is 1.82. The van der Waals surface area contributed by atoms with Crippen LogP contribution >= 0.6 is 11.6 Å². The third-order valence-corrected chi connectivity index (χ3v) is 3.47. The first-order valence-electron chi connectivity index (χ1n) is 6.38. The van der Waals surface area contributed by atoms with Crippen LogP contribution in [0.15, 0.2) is 36.4 Å². The van der Waals surface area contributed by atoms with Gasteiger partial charge < -0.3 is 10.6 Å². The van der Waals surface area contributed by atoms with Crippen LogP contribution in [0.2, 0.25) is 5.02 Å². The van der Waals surface area contributed by atoms with E-state index in [0.29, 0.717) is 34.5 Å². The van der Waals surface area contributed by atoms with Gasteiger partial charge in [0.05, 0.1) is 11.3 Å². The fraction of sp³-hybridized carbons (Fsp3) is 0.133. The monoisotopic (exact) mass is 346 g/mol. The Morgan fingerprint density at radius 3 is 2.39 bits per heavy atom. The molecule has 2 rings (SSSR count). The summed E-state index contributed by atoms with van der Waals surface area (Å²) in [6.07, 6.45) is -4.63. The average Bonchev–Trinajstić information content (AvgIpc) is 2.45. The Bertz CT molecular complexity index is 747. The van der Waals surface area contributed by atoms with Crippen LogP contribution in [0.4, 0.5) is 33.7 Å². The van der Waals surface area contributed by atoms with Crippen LogP contribution in [0.1, 0.15) is 11.1 Å². The summed E-state index contributed by atoms with van der Waals surface area (Å²) in [6, 6.07) is 5.65. The van der Waals surface area contributed by atoms with E-state index in [1.165, 1.54) is 0 Å². The molecule has 0 aliphatic heterocycles. The Labute approximate surface area is 134 Å². The highest BCUT2D eigenvalue weighted by atomic mass is 35.5. The lowest BCUT2D eigenvalue weighted by atomic mass is 10.2. The zero-order chi connectivity index (χ0) is 17.2. The number of amides is 2. The number of hydrogen-bond donors (Lipinski definition) is 2. The van der Waals surface area contributed by atoms with Crippen molar-refractivity contribution >= 4 is 29.0 Å². The molecule has 0 saturated carbocycles. The second-order valence-electron chi connectivity index (χ2n) is 4.68. The standard InChI is InChI=1S/C15H11ClF4N2O/c1-8-10(16)3-2-4-12(8)21-14(23)22-13-7-9(15(18,19)20)5-6-11(13)17/h2-7H,1H3,(H2,21,22,23). The van der Waals surface area contributed by atoms with Crippen LogP contribution in [0.3, 0.4) is 0 Å². The zero-order valence-corrected chi connectivity index (χ0v) is 12.5. The van der Waals surface area contributed by atoms with Crippen LogP contribution in [-0.2, 0) is 6.18 Å². The first-order valence-corrected chi connectivity index (χ1v) is 6.76. The van der Waals surface area contributed by atoms with Gasteiger partial charge in [0.15, 0.2) is 0 Å². The van der Waals surface area contributed by atoms with Gasteiger partial charge in [0.1, 0.15) is 5.82 Å². The molecule has 0 fully saturated rings. The largest absolute Gasteiger partial charge is 0.416 e. The summed E-state index contributed by atoms with van der Waals surface area (Å²) in [5, 5.41) is 4.86. The molecule has 0 atom stereocenters. The van der Waals surface area contributed by atoms with E-state index in [2.05, 4.69) is 5.32 Å². The lowest BCUT2D eigenvalue weighted by molar-refractivity contribution is -0.137. The molecule has 0 bridgehead atoms. The summed E-state index contributed by atoms with van der Waals surface area (Å²) < 4.78 is 51.4. The van der Waals surface area contributed by atoms with E-state index in [0.717, 1.165) is 0 Å². The van der Waals surface area contributed by atoms with Crippen molar-refractivity contribution in [2.45, 2.75) is 13.1 Å². The molecule has 2 aromatic rings. The number of nitrogens with one attached hydrogen (secondary N) is 2. The number of benzene rings is 2. The quantitative estimate of drug-likeness (QED) is 0.697. The van der Waals surface area contributed by atoms with Crippen molar-refractivity contribution in [1.29, 1.82) is 0 Å². The smallest absolute Gasteiger partial charge is 0.307 e. The second-order valence-corrected chi connectivity index (χ2v) is 5.09. The van der Waals surface area contributed by atoms with Gasteiger partial charge in [-0.25, -0.2) is 9.18 Å². The SMILES string of the molecule is Cc1c(Cl)cccc1NC(=O)Nc1cc(C(F)(F)F)ccc1F. The van der Waals surface area contributed by atoms with E-state index in [1.807, 2.05) is 5.32 Å². The molecule has 0 aromatic heterocycles. The summed E-state index contributed by atoms with van der Waals surface area (Å²) in [6.45, 7) is 1.66. The van der Waals surface area contributed by atoms with Gasteiger partial charge in [0.25, 0.3) is 0 Å². The topological polar surface area (TPSA) is 41.1 Å². The molecule has 2 N–H and O–H groups in total. The second kappa shape index (κ2) is 6.45. The van der Waals surface area contributed by atoms with Crippen LogP contribution in [0, 0.1) is 12.7 Å². The average molecular weight is 347 g/mol. The zero-order valence-electron chi connectivity index (χ0n) is 11.8. The third-order valence-electron chi connectivity index (χ3n) is 3.06. The highest BCUT2D eigenvalue weighted by molar-refractivity contribution is 6.31. The van der Waals surface area contributed by atoms with Gasteiger partial charge in [-0.15, -0.1) is 0 Å². The van der Waals surface area contributed by atoms with E-state index < -0.39 is 29.3 Å². The van der Waals surface area contributed by atoms with Crippen LogP contribution in [0.5, 0.6) is 0 Å². The Balaban J connectivity index is 2.19. The molecule has 0 aliphatic carbocycles. The highest BCUT2D eigenvalue weighted by Gasteiger charge is 2.31. The minimum absolute atomic E-state index is 0.363. The Morgan fingerprint density at radius 2 is 1.74 bits per heavy atom. The molecule has 8 heteroatoms. The summed E-state index contributed by atoms with van der Waals surface area (Å²) in [4.78, 5) is 11.8. The summed E-state index contributed by atoms with van der Waals surface area (Å²) in [7, 11) is 0. The van der Waals surface area contributed by atoms with Crippen molar-refractivity contribution in [3.8, 4) is 0 Å². The lowest BCUT2D eigenvalue weighted by Gasteiger charge is -2.13. The van der Waals surface area contributed by atoms with Gasteiger partial charge in [-0.2, -0.15) is 13.2 Å². The minimum atomic E-state index is -4.63. The van der Waals surface area contributed by atoms with Crippen molar-refractivity contribution in [3.63, 3.8) is 0 Å². The molecule has 0 unspecified atom stereocenters. The number of anilines is 2. The third kappa shape index (κ3) is 4.13. The highest BCUT2D eigenvalue weighted by Crippen LogP contribution is 2.32. The van der Waals surface area contributed by atoms with Gasteiger partial charge in [-0.3, -0.25) is 0 Å².